The van der Waals surface area contributed by atoms with Gasteiger partial charge in [0.05, 0.1) is 48.1 Å². The molecule has 1 aliphatic carbocycles. The lowest BCUT2D eigenvalue weighted by molar-refractivity contribution is -0.147. The normalized spacial score (nSPS) is 20.6. The van der Waals surface area contributed by atoms with Crippen molar-refractivity contribution in [3.63, 3.8) is 0 Å². The number of nitrogens with zero attached hydrogens (tertiary/aromatic N) is 3. The van der Waals surface area contributed by atoms with Crippen LogP contribution in [0.25, 0.3) is 0 Å². The van der Waals surface area contributed by atoms with Crippen LogP contribution in [0.4, 0.5) is 0 Å². The number of carbonyl (C=O) groups is 4. The Balaban J connectivity index is 2.18. The quantitative estimate of drug-likeness (QED) is 0.205. The smallest absolute Gasteiger partial charge is 0.264 e. The maximum absolute atomic E-state index is 14.0. The van der Waals surface area contributed by atoms with Gasteiger partial charge in [-0.25, -0.2) is 4.99 Å². The Labute approximate surface area is 294 Å². The van der Waals surface area contributed by atoms with E-state index in [1.54, 1.807) is 40.0 Å². The zero-order chi connectivity index (χ0) is 36.9. The summed E-state index contributed by atoms with van der Waals surface area (Å²) in [4.78, 5) is 61.2. The molecule has 276 valence electrons. The maximum Gasteiger partial charge on any atom is 0.264 e. The standard InChI is InChI=1S/C38H63N5O6/c1-11-26(4)33(42(8)36(46)29(25(2)3)24-41-37(47)38(6,7)39)31(48-9)23-32(44)43-22-16-19-30(43)34(49-10)27(5)35(45)40-21-20-28-17-14-12-13-15-18-28/h12-15,17-18,24-31,33-34H,11,16,19-23,39H2,1-10H3,(H,40,45)/t26-,27+,29?,30-,31+,33-,34+/m0/s1. The predicted octanol–water partition coefficient (Wildman–Crippen LogP) is 4.32. The summed E-state index contributed by atoms with van der Waals surface area (Å²) < 4.78 is 11.9. The molecule has 1 heterocycles. The van der Waals surface area contributed by atoms with Crippen molar-refractivity contribution in [2.24, 2.45) is 40.3 Å². The van der Waals surface area contributed by atoms with Crippen LogP contribution in [0.1, 0.15) is 80.6 Å². The van der Waals surface area contributed by atoms with Crippen LogP contribution in [0.5, 0.6) is 0 Å². The molecular weight excluding hydrogens is 622 g/mol. The highest BCUT2D eigenvalue weighted by Gasteiger charge is 2.42. The molecule has 11 heteroatoms. The van der Waals surface area contributed by atoms with Crippen molar-refractivity contribution in [1.29, 1.82) is 0 Å². The lowest BCUT2D eigenvalue weighted by Gasteiger charge is -2.40. The third-order valence-corrected chi connectivity index (χ3v) is 9.99. The Morgan fingerprint density at radius 2 is 1.69 bits per heavy atom. The predicted molar refractivity (Wildman–Crippen MR) is 195 cm³/mol. The summed E-state index contributed by atoms with van der Waals surface area (Å²) in [5, 5.41) is 3.07. The van der Waals surface area contributed by atoms with E-state index in [-0.39, 0.29) is 47.9 Å². The molecule has 49 heavy (non-hydrogen) atoms. The fourth-order valence-electron chi connectivity index (χ4n) is 6.70. The maximum atomic E-state index is 14.0. The van der Waals surface area contributed by atoms with Crippen LogP contribution < -0.4 is 11.1 Å². The van der Waals surface area contributed by atoms with Crippen molar-refractivity contribution < 1.29 is 28.7 Å². The second kappa shape index (κ2) is 19.9. The van der Waals surface area contributed by atoms with Crippen LogP contribution in [0.15, 0.2) is 41.4 Å². The van der Waals surface area contributed by atoms with Gasteiger partial charge in [0.2, 0.25) is 17.7 Å². The van der Waals surface area contributed by atoms with Crippen molar-refractivity contribution in [3.05, 3.63) is 36.5 Å². The molecule has 2 rings (SSSR count). The lowest BCUT2D eigenvalue weighted by atomic mass is 9.88. The SMILES string of the molecule is CC[C@H](C)[C@@H]([C@@H](CC(=O)N1CCC[C@H]1[C@H](OC)[C@@H](C)C(=O)NCCC1C=CC=CC=C1)OC)N(C)C(=O)C(C=NC(=O)C(C)(C)N)C(C)C. The number of hydrogen-bond acceptors (Lipinski definition) is 7. The van der Waals surface area contributed by atoms with Crippen LogP contribution in [-0.4, -0.2) is 104 Å². The zero-order valence-corrected chi connectivity index (χ0v) is 31.6. The van der Waals surface area contributed by atoms with E-state index >= 15 is 0 Å². The molecule has 1 unspecified atom stereocenters. The van der Waals surface area contributed by atoms with E-state index in [1.807, 2.05) is 63.8 Å². The van der Waals surface area contributed by atoms with E-state index in [9.17, 15) is 19.2 Å². The van der Waals surface area contributed by atoms with Crippen LogP contribution >= 0.6 is 0 Å². The van der Waals surface area contributed by atoms with Gasteiger partial charge in [-0.15, -0.1) is 0 Å². The van der Waals surface area contributed by atoms with E-state index in [1.165, 1.54) is 6.21 Å². The van der Waals surface area contributed by atoms with Crippen molar-refractivity contribution in [3.8, 4) is 0 Å². The number of nitrogens with two attached hydrogens (primary N) is 1. The van der Waals surface area contributed by atoms with Crippen LogP contribution in [0, 0.1) is 29.6 Å². The molecule has 4 amide bonds. The molecule has 0 aromatic rings. The Bertz CT molecular complexity index is 1210. The number of hydrogen-bond donors (Lipinski definition) is 2. The molecule has 0 bridgehead atoms. The minimum absolute atomic E-state index is 0.00565. The molecule has 11 nitrogen and oxygen atoms in total. The molecule has 1 aliphatic heterocycles. The first kappa shape index (κ1) is 42.0. The van der Waals surface area contributed by atoms with E-state index < -0.39 is 41.5 Å². The topological polar surface area (TPSA) is 144 Å². The number of allylic oxidation sites excluding steroid dienone is 6. The van der Waals surface area contributed by atoms with Gasteiger partial charge in [0.15, 0.2) is 0 Å². The van der Waals surface area contributed by atoms with E-state index in [0.29, 0.717) is 13.1 Å². The second-order valence-corrected chi connectivity index (χ2v) is 14.6. The summed E-state index contributed by atoms with van der Waals surface area (Å²) in [6.45, 7) is 14.0. The molecule has 0 spiro atoms. The first-order valence-electron chi connectivity index (χ1n) is 17.9. The van der Waals surface area contributed by atoms with Gasteiger partial charge in [-0.05, 0) is 50.9 Å². The van der Waals surface area contributed by atoms with Crippen LogP contribution in [0.2, 0.25) is 0 Å². The molecular formula is C38H63N5O6. The highest BCUT2D eigenvalue weighted by molar-refractivity contribution is 5.99. The number of likely N-dealkylation sites (N-methyl/N-ethyl adjacent to an activating group) is 1. The molecule has 7 atom stereocenters. The van der Waals surface area contributed by atoms with Gasteiger partial charge >= 0.3 is 0 Å². The molecule has 0 aromatic heterocycles. The van der Waals surface area contributed by atoms with Gasteiger partial charge in [0, 0.05) is 40.6 Å². The monoisotopic (exact) mass is 685 g/mol. The fraction of sp³-hybridized carbons (Fsp3) is 0.711. The number of aliphatic imine (C=N–C) groups is 1. The van der Waals surface area contributed by atoms with Crippen molar-refractivity contribution in [2.75, 3.05) is 34.4 Å². The highest BCUT2D eigenvalue weighted by atomic mass is 16.5. The summed E-state index contributed by atoms with van der Waals surface area (Å²) >= 11 is 0. The summed E-state index contributed by atoms with van der Waals surface area (Å²) in [5.41, 5.74) is 4.77. The molecule has 1 fully saturated rings. The van der Waals surface area contributed by atoms with Crippen LogP contribution in [-0.2, 0) is 28.7 Å². The first-order chi connectivity index (χ1) is 23.1. The number of carbonyl (C=O) groups excluding carboxylic acids is 4. The average molecular weight is 686 g/mol. The van der Waals surface area contributed by atoms with Gasteiger partial charge in [-0.3, -0.25) is 19.2 Å². The number of methoxy groups -OCH3 is 2. The minimum atomic E-state index is -1.15. The first-order valence-corrected chi connectivity index (χ1v) is 17.9. The average Bonchev–Trinajstić information content (AvgIpc) is 3.39. The minimum Gasteiger partial charge on any atom is -0.379 e. The third-order valence-electron chi connectivity index (χ3n) is 9.99. The Kier molecular flexibility index (Phi) is 17.1. The third kappa shape index (κ3) is 12.0. The zero-order valence-electron chi connectivity index (χ0n) is 31.6. The number of rotatable bonds is 18. The van der Waals surface area contributed by atoms with Crippen LogP contribution in [0.3, 0.4) is 0 Å². The van der Waals surface area contributed by atoms with Gasteiger partial charge in [-0.2, -0.15) is 0 Å². The number of amides is 4. The largest absolute Gasteiger partial charge is 0.379 e. The molecule has 0 aromatic carbocycles. The Morgan fingerprint density at radius 3 is 2.22 bits per heavy atom. The summed E-state index contributed by atoms with van der Waals surface area (Å²) in [6, 6.07) is -0.678. The van der Waals surface area contributed by atoms with E-state index in [0.717, 1.165) is 25.7 Å². The Morgan fingerprint density at radius 1 is 1.06 bits per heavy atom. The Hall–Kier alpha value is -3.15. The number of ether oxygens (including phenoxy) is 2. The van der Waals surface area contributed by atoms with E-state index in [2.05, 4.69) is 22.5 Å². The molecule has 0 saturated carbocycles. The molecule has 1 saturated heterocycles. The molecule has 3 N–H and O–H groups in total. The highest BCUT2D eigenvalue weighted by Crippen LogP contribution is 2.30. The summed E-state index contributed by atoms with van der Waals surface area (Å²) in [6.07, 6.45) is 15.7. The number of nitrogens with one attached hydrogen (secondary N) is 1. The van der Waals surface area contributed by atoms with Gasteiger partial charge in [0.1, 0.15) is 0 Å². The van der Waals surface area contributed by atoms with Gasteiger partial charge in [-0.1, -0.05) is 77.5 Å². The summed E-state index contributed by atoms with van der Waals surface area (Å²) in [7, 11) is 4.89. The van der Waals surface area contributed by atoms with E-state index in [4.69, 9.17) is 15.2 Å². The van der Waals surface area contributed by atoms with Crippen molar-refractivity contribution in [1.82, 2.24) is 15.1 Å². The molecule has 2 aliphatic rings. The van der Waals surface area contributed by atoms with Gasteiger partial charge in [0.25, 0.3) is 5.91 Å². The second-order valence-electron chi connectivity index (χ2n) is 14.6. The summed E-state index contributed by atoms with van der Waals surface area (Å²) in [5.74, 6) is -1.91. The number of likely N-dealkylation sites (tertiary alicyclic amines) is 1. The fourth-order valence-corrected chi connectivity index (χ4v) is 6.70. The van der Waals surface area contributed by atoms with Crippen molar-refractivity contribution >= 4 is 29.8 Å². The van der Waals surface area contributed by atoms with Gasteiger partial charge < -0.3 is 30.3 Å². The van der Waals surface area contributed by atoms with Crippen molar-refractivity contribution in [2.45, 2.75) is 110 Å². The molecule has 0 radical (unpaired) electrons. The lowest BCUT2D eigenvalue weighted by Crippen LogP contribution is -2.54.